The Morgan fingerprint density at radius 1 is 1.40 bits per heavy atom. The summed E-state index contributed by atoms with van der Waals surface area (Å²) in [6.07, 6.45) is 8.65. The molecule has 0 amide bonds. The molecule has 1 atom stereocenters. The van der Waals surface area contributed by atoms with E-state index in [1.165, 1.54) is 32.1 Å². The zero-order chi connectivity index (χ0) is 13.9. The molecule has 1 aliphatic rings. The fourth-order valence-electron chi connectivity index (χ4n) is 2.85. The first kappa shape index (κ1) is 14.3. The van der Waals surface area contributed by atoms with E-state index in [1.807, 2.05) is 17.5 Å². The van der Waals surface area contributed by atoms with Crippen molar-refractivity contribution in [3.8, 4) is 0 Å². The van der Waals surface area contributed by atoms with E-state index in [4.69, 9.17) is 0 Å². The molecule has 0 radical (unpaired) electrons. The van der Waals surface area contributed by atoms with Crippen LogP contribution in [-0.4, -0.2) is 14.9 Å². The second-order valence-electron chi connectivity index (χ2n) is 5.48. The minimum atomic E-state index is -0.466. The largest absolute Gasteiger partial charge is 0.388 e. The molecule has 3 rings (SSSR count). The number of halogens is 1. The fourth-order valence-corrected chi connectivity index (χ4v) is 4.07. The van der Waals surface area contributed by atoms with Crippen molar-refractivity contribution in [2.24, 2.45) is 0 Å². The average Bonchev–Trinajstić information content (AvgIpc) is 3.09. The minimum absolute atomic E-state index is 0.466. The van der Waals surface area contributed by atoms with E-state index in [2.05, 4.69) is 31.9 Å². The zero-order valence-corrected chi connectivity index (χ0v) is 13.7. The maximum absolute atomic E-state index is 10.2. The van der Waals surface area contributed by atoms with E-state index in [1.54, 1.807) is 11.3 Å². The topological polar surface area (TPSA) is 38.0 Å². The van der Waals surface area contributed by atoms with Gasteiger partial charge in [-0.05, 0) is 51.8 Å². The Balaban J connectivity index is 1.64. The van der Waals surface area contributed by atoms with Crippen LogP contribution in [0.1, 0.15) is 55.5 Å². The van der Waals surface area contributed by atoms with Crippen LogP contribution in [0.3, 0.4) is 0 Å². The third-order valence-electron chi connectivity index (χ3n) is 3.99. The maximum atomic E-state index is 10.2. The van der Waals surface area contributed by atoms with Crippen molar-refractivity contribution in [2.45, 2.75) is 50.7 Å². The molecular weight excluding hydrogens is 336 g/mol. The zero-order valence-electron chi connectivity index (χ0n) is 11.3. The normalized spacial score (nSPS) is 18.3. The predicted molar refractivity (Wildman–Crippen MR) is 85.0 cm³/mol. The molecule has 2 heterocycles. The first-order valence-corrected chi connectivity index (χ1v) is 8.85. The van der Waals surface area contributed by atoms with Gasteiger partial charge in [-0.15, -0.1) is 11.3 Å². The van der Waals surface area contributed by atoms with Crippen molar-refractivity contribution in [1.29, 1.82) is 0 Å². The van der Waals surface area contributed by atoms with E-state index < -0.39 is 6.10 Å². The number of aliphatic hydroxyl groups excluding tert-OH is 1. The van der Waals surface area contributed by atoms with Gasteiger partial charge in [-0.2, -0.15) is 5.10 Å². The van der Waals surface area contributed by atoms with Gasteiger partial charge in [-0.1, -0.05) is 19.3 Å². The highest BCUT2D eigenvalue weighted by Crippen LogP contribution is 2.29. The lowest BCUT2D eigenvalue weighted by molar-refractivity contribution is 0.177. The fraction of sp³-hybridized carbons (Fsp3) is 0.533. The van der Waals surface area contributed by atoms with E-state index in [-0.39, 0.29) is 0 Å². The van der Waals surface area contributed by atoms with Crippen molar-refractivity contribution in [3.63, 3.8) is 0 Å². The van der Waals surface area contributed by atoms with Crippen LogP contribution >= 0.6 is 27.3 Å². The smallest absolute Gasteiger partial charge is 0.0854 e. The SMILES string of the molecule is OC(Cc1ccn(C2CCCCC2)n1)c1csc(Br)c1. The van der Waals surface area contributed by atoms with Crippen LogP contribution in [0.15, 0.2) is 27.5 Å². The number of thiophene rings is 1. The van der Waals surface area contributed by atoms with E-state index in [0.717, 1.165) is 15.0 Å². The van der Waals surface area contributed by atoms with Gasteiger partial charge in [0.2, 0.25) is 0 Å². The van der Waals surface area contributed by atoms with Gasteiger partial charge < -0.3 is 5.11 Å². The first-order chi connectivity index (χ1) is 9.72. The maximum Gasteiger partial charge on any atom is 0.0854 e. The molecular formula is C15H19BrN2OS. The molecule has 1 unspecified atom stereocenters. The number of rotatable bonds is 4. The summed E-state index contributed by atoms with van der Waals surface area (Å²) >= 11 is 5.03. The number of hydrogen-bond acceptors (Lipinski definition) is 3. The van der Waals surface area contributed by atoms with Gasteiger partial charge in [0.25, 0.3) is 0 Å². The van der Waals surface area contributed by atoms with Gasteiger partial charge in [0.05, 0.1) is 21.6 Å². The standard InChI is InChI=1S/C15H19BrN2OS/c16-15-8-11(10-20-15)14(19)9-12-6-7-18(17-12)13-4-2-1-3-5-13/h6-8,10,13-14,19H,1-5,9H2. The molecule has 2 aromatic rings. The van der Waals surface area contributed by atoms with Crippen molar-refractivity contribution >= 4 is 27.3 Å². The van der Waals surface area contributed by atoms with E-state index in [9.17, 15) is 5.11 Å². The van der Waals surface area contributed by atoms with Crippen LogP contribution in [-0.2, 0) is 6.42 Å². The second kappa shape index (κ2) is 6.41. The van der Waals surface area contributed by atoms with E-state index in [0.29, 0.717) is 12.5 Å². The third kappa shape index (κ3) is 3.32. The molecule has 1 N–H and O–H groups in total. The second-order valence-corrected chi connectivity index (χ2v) is 7.77. The highest BCUT2D eigenvalue weighted by atomic mass is 79.9. The van der Waals surface area contributed by atoms with Gasteiger partial charge in [-0.25, -0.2) is 0 Å². The van der Waals surface area contributed by atoms with Gasteiger partial charge in [0.1, 0.15) is 0 Å². The van der Waals surface area contributed by atoms with Gasteiger partial charge in [-0.3, -0.25) is 4.68 Å². The quantitative estimate of drug-likeness (QED) is 0.878. The Kier molecular flexibility index (Phi) is 4.58. The molecule has 0 bridgehead atoms. The summed E-state index contributed by atoms with van der Waals surface area (Å²) in [6.45, 7) is 0. The molecule has 1 saturated carbocycles. The van der Waals surface area contributed by atoms with Gasteiger partial charge in [0, 0.05) is 12.6 Å². The number of aliphatic hydroxyl groups is 1. The predicted octanol–water partition coefficient (Wildman–Crippen LogP) is 4.49. The van der Waals surface area contributed by atoms with Crippen LogP contribution in [0.4, 0.5) is 0 Å². The average molecular weight is 355 g/mol. The van der Waals surface area contributed by atoms with Gasteiger partial charge in [0.15, 0.2) is 0 Å². The van der Waals surface area contributed by atoms with Crippen LogP contribution in [0.5, 0.6) is 0 Å². The molecule has 0 spiro atoms. The molecule has 108 valence electrons. The number of aromatic nitrogens is 2. The molecule has 5 heteroatoms. The Hall–Kier alpha value is -0.650. The Morgan fingerprint density at radius 2 is 2.20 bits per heavy atom. The van der Waals surface area contributed by atoms with E-state index >= 15 is 0 Å². The lowest BCUT2D eigenvalue weighted by atomic mass is 9.96. The van der Waals surface area contributed by atoms with Crippen molar-refractivity contribution in [3.05, 3.63) is 38.8 Å². The number of hydrogen-bond donors (Lipinski definition) is 1. The summed E-state index contributed by atoms with van der Waals surface area (Å²) in [5.41, 5.74) is 1.94. The highest BCUT2D eigenvalue weighted by molar-refractivity contribution is 9.11. The van der Waals surface area contributed by atoms with Crippen LogP contribution < -0.4 is 0 Å². The summed E-state index contributed by atoms with van der Waals surface area (Å²) < 4.78 is 3.16. The molecule has 1 fully saturated rings. The molecule has 0 aromatic carbocycles. The van der Waals surface area contributed by atoms with Crippen LogP contribution in [0, 0.1) is 0 Å². The number of nitrogens with zero attached hydrogens (tertiary/aromatic N) is 2. The Bertz CT molecular complexity index is 560. The third-order valence-corrected chi connectivity index (χ3v) is 5.51. The Morgan fingerprint density at radius 3 is 2.90 bits per heavy atom. The lowest BCUT2D eigenvalue weighted by Gasteiger charge is -2.21. The monoisotopic (exact) mass is 354 g/mol. The highest BCUT2D eigenvalue weighted by Gasteiger charge is 2.17. The molecule has 3 nitrogen and oxygen atoms in total. The molecule has 2 aromatic heterocycles. The summed E-state index contributed by atoms with van der Waals surface area (Å²) in [6, 6.07) is 4.58. The summed E-state index contributed by atoms with van der Waals surface area (Å²) in [4.78, 5) is 0. The molecule has 0 aliphatic heterocycles. The molecule has 20 heavy (non-hydrogen) atoms. The first-order valence-electron chi connectivity index (χ1n) is 7.18. The van der Waals surface area contributed by atoms with Crippen molar-refractivity contribution in [2.75, 3.05) is 0 Å². The van der Waals surface area contributed by atoms with Gasteiger partial charge >= 0.3 is 0 Å². The lowest BCUT2D eigenvalue weighted by Crippen LogP contribution is -2.13. The molecule has 0 saturated heterocycles. The van der Waals surface area contributed by atoms with Crippen LogP contribution in [0.25, 0.3) is 0 Å². The summed E-state index contributed by atoms with van der Waals surface area (Å²) in [5, 5.41) is 16.9. The van der Waals surface area contributed by atoms with Crippen molar-refractivity contribution < 1.29 is 5.11 Å². The van der Waals surface area contributed by atoms with Crippen LogP contribution in [0.2, 0.25) is 0 Å². The Labute approximate surface area is 131 Å². The molecule has 1 aliphatic carbocycles. The minimum Gasteiger partial charge on any atom is -0.388 e. The van der Waals surface area contributed by atoms with Crippen molar-refractivity contribution in [1.82, 2.24) is 9.78 Å². The summed E-state index contributed by atoms with van der Waals surface area (Å²) in [7, 11) is 0. The summed E-state index contributed by atoms with van der Waals surface area (Å²) in [5.74, 6) is 0.